The second-order valence-electron chi connectivity index (χ2n) is 24.1. The van der Waals surface area contributed by atoms with Gasteiger partial charge in [0.15, 0.2) is 6.20 Å². The van der Waals surface area contributed by atoms with Crippen LogP contribution in [0, 0.1) is 0 Å². The van der Waals surface area contributed by atoms with Gasteiger partial charge in [-0.1, -0.05) is 192 Å². The molecule has 0 fully saturated rings. The molecule has 0 saturated carbocycles. The van der Waals surface area contributed by atoms with E-state index >= 15 is 0 Å². The van der Waals surface area contributed by atoms with Gasteiger partial charge in [0.2, 0.25) is 5.69 Å². The highest BCUT2D eigenvalue weighted by atomic mass is 16.5. The van der Waals surface area contributed by atoms with E-state index in [9.17, 15) is 0 Å². The van der Waals surface area contributed by atoms with Gasteiger partial charge < -0.3 is 9.64 Å². The zero-order valence-corrected chi connectivity index (χ0v) is 42.4. The fourth-order valence-corrected chi connectivity index (χ4v) is 11.6. The maximum Gasteiger partial charge on any atom is 0.432 e. The molecule has 344 valence electrons. The molecule has 12 rings (SSSR count). The summed E-state index contributed by atoms with van der Waals surface area (Å²) in [6, 6.07) is 59.8. The van der Waals surface area contributed by atoms with Crippen molar-refractivity contribution in [1.82, 2.24) is 0 Å². The Morgan fingerprint density at radius 1 is 0.449 bits per heavy atom. The Hall–Kier alpha value is -6.91. The van der Waals surface area contributed by atoms with Crippen molar-refractivity contribution >= 4 is 17.1 Å². The van der Waals surface area contributed by atoms with Gasteiger partial charge in [-0.3, -0.25) is 0 Å². The number of para-hydroxylation sites is 1. The number of benzene rings is 7. The van der Waals surface area contributed by atoms with Crippen molar-refractivity contribution in [3.63, 3.8) is 0 Å². The maximum atomic E-state index is 8.23. The van der Waals surface area contributed by atoms with Crippen molar-refractivity contribution in [2.45, 2.75) is 117 Å². The molecule has 0 aliphatic carbocycles. The average Bonchev–Trinajstić information content (AvgIpc) is 3.81. The zero-order chi connectivity index (χ0) is 48.2. The van der Waals surface area contributed by atoms with Gasteiger partial charge in [-0.15, -0.1) is 4.57 Å². The van der Waals surface area contributed by atoms with Gasteiger partial charge in [0.25, 0.3) is 0 Å². The summed E-state index contributed by atoms with van der Waals surface area (Å²) in [5.41, 5.74) is 22.7. The number of pyridine rings is 1. The van der Waals surface area contributed by atoms with E-state index in [-0.39, 0.29) is 27.8 Å². The third-order valence-corrected chi connectivity index (χ3v) is 15.4. The van der Waals surface area contributed by atoms with Crippen LogP contribution < -0.4 is 19.1 Å². The lowest BCUT2D eigenvalue weighted by molar-refractivity contribution is -0.774. The van der Waals surface area contributed by atoms with Crippen molar-refractivity contribution < 1.29 is 9.30 Å². The Balaban J connectivity index is 1.22. The number of anilines is 3. The van der Waals surface area contributed by atoms with E-state index in [0.29, 0.717) is 0 Å². The summed E-state index contributed by atoms with van der Waals surface area (Å²) in [4.78, 5) is 5.34. The molecule has 8 aromatic rings. The average molecular weight is 903 g/mol. The summed E-state index contributed by atoms with van der Waals surface area (Å²) < 4.78 is 10.7. The lowest BCUT2D eigenvalue weighted by Gasteiger charge is -2.49. The minimum atomic E-state index is -1.07. The van der Waals surface area contributed by atoms with E-state index in [4.69, 9.17) is 4.74 Å². The fraction of sp³-hybridized carbons (Fsp3) is 0.277. The monoisotopic (exact) mass is 903 g/mol. The number of hydrogen-bond donors (Lipinski definition) is 0. The molecule has 0 N–H and O–H groups in total. The number of rotatable bonds is 4. The Morgan fingerprint density at radius 3 is 1.72 bits per heavy atom. The van der Waals surface area contributed by atoms with Crippen LogP contribution in [0.1, 0.15) is 123 Å². The van der Waals surface area contributed by atoms with Gasteiger partial charge in [0.1, 0.15) is 17.5 Å². The van der Waals surface area contributed by atoms with Crippen LogP contribution in [0.2, 0.25) is 0 Å². The molecular weight excluding hydrogens is 839 g/mol. The van der Waals surface area contributed by atoms with E-state index in [1.807, 2.05) is 0 Å². The van der Waals surface area contributed by atoms with Gasteiger partial charge in [-0.25, -0.2) is 4.90 Å². The minimum absolute atomic E-state index is 0.0438. The predicted octanol–water partition coefficient (Wildman–Crippen LogP) is 16.5. The molecule has 1 spiro atoms. The largest absolute Gasteiger partial charge is 0.432 e. The molecule has 4 aliphatic heterocycles. The van der Waals surface area contributed by atoms with Crippen LogP contribution >= 0.6 is 0 Å². The van der Waals surface area contributed by atoms with Crippen LogP contribution in [0.5, 0.6) is 5.75 Å². The first-order chi connectivity index (χ1) is 32.7. The highest BCUT2D eigenvalue weighted by molar-refractivity contribution is 6.03. The van der Waals surface area contributed by atoms with Crippen LogP contribution in [0.15, 0.2) is 164 Å². The van der Waals surface area contributed by atoms with Crippen molar-refractivity contribution in [3.8, 4) is 61.5 Å². The van der Waals surface area contributed by atoms with Crippen LogP contribution in [-0.2, 0) is 27.5 Å². The first-order valence-corrected chi connectivity index (χ1v) is 24.9. The van der Waals surface area contributed by atoms with E-state index in [0.717, 1.165) is 11.4 Å². The van der Waals surface area contributed by atoms with Crippen LogP contribution in [0.4, 0.5) is 17.1 Å². The molecule has 2 unspecified atom stereocenters. The molecule has 0 amide bonds. The zero-order valence-electron chi connectivity index (χ0n) is 42.4. The van der Waals surface area contributed by atoms with Gasteiger partial charge in [0.05, 0.1) is 22.6 Å². The summed E-state index contributed by atoms with van der Waals surface area (Å²) in [5.74, 6) is -0.0993. The lowest BCUT2D eigenvalue weighted by Crippen LogP contribution is -2.71. The fourth-order valence-electron chi connectivity index (χ4n) is 11.6. The second-order valence-corrected chi connectivity index (χ2v) is 24.1. The van der Waals surface area contributed by atoms with Crippen molar-refractivity contribution in [2.75, 3.05) is 9.80 Å². The molecule has 7 aromatic carbocycles. The standard InChI is InChI=1S/C65H64N3O/c1-61(2,3)45-28-26-41(27-29-45)43-32-33-66-56(36-43)51-35-44(40-20-15-13-16-21-40)34-50-48-24-19-25-55-58(48)68-60(67(55)54-31-30-46(62(4,5)6)37-49(54)42-22-17-14-18-23-42)52-38-47(63(7,8)9)39-53(64(10,11)12)59(52)69-65(66,68)57(50)51/h13-39,60H,1-12H3/q+1. The molecule has 5 heterocycles. The van der Waals surface area contributed by atoms with Gasteiger partial charge in [0, 0.05) is 39.9 Å². The lowest BCUT2D eigenvalue weighted by atomic mass is 9.77. The number of ether oxygens (including phenoxy) is 1. The first kappa shape index (κ1) is 43.4. The van der Waals surface area contributed by atoms with Crippen molar-refractivity contribution in [2.24, 2.45) is 0 Å². The molecular formula is C65H64N3O+. The molecule has 1 aromatic heterocycles. The SMILES string of the molecule is CC(C)(C)c1ccc(-c2cc[n+]3c(c2)-c2cc(-c4ccccc4)cc4c2C32Oc3c(cc(C(C)(C)C)cc3C(C)(C)C)C3N(c5ccc(C(C)(C)C)cc5-c5ccccc5)c5cccc-4c5N32)cc1. The van der Waals surface area contributed by atoms with Crippen LogP contribution in [0.3, 0.4) is 0 Å². The molecule has 4 heteroatoms. The summed E-state index contributed by atoms with van der Waals surface area (Å²) in [6.07, 6.45) is 2.05. The van der Waals surface area contributed by atoms with Crippen molar-refractivity contribution in [1.29, 1.82) is 0 Å². The molecule has 0 radical (unpaired) electrons. The highest BCUT2D eigenvalue weighted by Crippen LogP contribution is 2.68. The van der Waals surface area contributed by atoms with Crippen LogP contribution in [0.25, 0.3) is 55.8 Å². The highest BCUT2D eigenvalue weighted by Gasteiger charge is 2.70. The Bertz CT molecular complexity index is 3390. The summed E-state index contributed by atoms with van der Waals surface area (Å²) in [7, 11) is 0. The third-order valence-electron chi connectivity index (χ3n) is 15.4. The number of nitrogens with zero attached hydrogens (tertiary/aromatic N) is 3. The van der Waals surface area contributed by atoms with E-state index in [2.05, 4.69) is 261 Å². The first-order valence-electron chi connectivity index (χ1n) is 24.9. The summed E-state index contributed by atoms with van der Waals surface area (Å²) >= 11 is 0. The summed E-state index contributed by atoms with van der Waals surface area (Å²) in [5, 5.41) is 0. The molecule has 0 saturated heterocycles. The topological polar surface area (TPSA) is 19.6 Å². The third kappa shape index (κ3) is 6.43. The van der Waals surface area contributed by atoms with Gasteiger partial charge >= 0.3 is 5.85 Å². The molecule has 69 heavy (non-hydrogen) atoms. The summed E-state index contributed by atoms with van der Waals surface area (Å²) in [6.45, 7) is 27.9. The smallest absolute Gasteiger partial charge is 0.410 e. The number of hydrogen-bond acceptors (Lipinski definition) is 3. The Morgan fingerprint density at radius 2 is 1.07 bits per heavy atom. The predicted molar refractivity (Wildman–Crippen MR) is 287 cm³/mol. The quantitative estimate of drug-likeness (QED) is 0.164. The number of fused-ring (bicyclic) bond motifs is 5. The number of aromatic nitrogens is 1. The second kappa shape index (κ2) is 14.6. The normalized spacial score (nSPS) is 17.5. The molecule has 4 nitrogen and oxygen atoms in total. The molecule has 2 atom stereocenters. The molecule has 0 bridgehead atoms. The van der Waals surface area contributed by atoms with Gasteiger partial charge in [-0.2, -0.15) is 0 Å². The van der Waals surface area contributed by atoms with E-state index < -0.39 is 5.85 Å². The van der Waals surface area contributed by atoms with E-state index in [1.54, 1.807) is 0 Å². The Labute approximate surface area is 409 Å². The van der Waals surface area contributed by atoms with Gasteiger partial charge in [-0.05, 0) is 103 Å². The van der Waals surface area contributed by atoms with E-state index in [1.165, 1.54) is 101 Å². The molecule has 4 aliphatic rings. The van der Waals surface area contributed by atoms with Crippen molar-refractivity contribution in [3.05, 3.63) is 197 Å². The minimum Gasteiger partial charge on any atom is -0.410 e. The maximum absolute atomic E-state index is 8.23. The Kier molecular flexibility index (Phi) is 9.15. The van der Waals surface area contributed by atoms with Crippen LogP contribution in [-0.4, -0.2) is 0 Å².